The zero-order valence-corrected chi connectivity index (χ0v) is 8.95. The number of hydrogen-bond donors (Lipinski definition) is 0. The predicted octanol–water partition coefficient (Wildman–Crippen LogP) is 2.86. The van der Waals surface area contributed by atoms with Gasteiger partial charge in [0.1, 0.15) is 5.75 Å². The quantitative estimate of drug-likeness (QED) is 0.452. The zero-order valence-electron chi connectivity index (χ0n) is 8.20. The molecule has 0 radical (unpaired) electrons. The molecule has 0 bridgehead atoms. The van der Waals surface area contributed by atoms with Crippen molar-refractivity contribution in [3.05, 3.63) is 40.5 Å². The van der Waals surface area contributed by atoms with E-state index >= 15 is 0 Å². The molecular formula is C10H10ClNO3. The highest BCUT2D eigenvalue weighted by atomic mass is 35.5. The summed E-state index contributed by atoms with van der Waals surface area (Å²) in [4.78, 5) is 10.1. The van der Waals surface area contributed by atoms with Crippen molar-refractivity contribution in [2.75, 3.05) is 13.0 Å². The van der Waals surface area contributed by atoms with Crippen LogP contribution in [-0.2, 0) is 0 Å². The van der Waals surface area contributed by atoms with Gasteiger partial charge in [-0.3, -0.25) is 10.1 Å². The van der Waals surface area contributed by atoms with E-state index in [2.05, 4.69) is 6.58 Å². The van der Waals surface area contributed by atoms with Crippen LogP contribution in [0.15, 0.2) is 24.8 Å². The van der Waals surface area contributed by atoms with E-state index in [-0.39, 0.29) is 11.6 Å². The lowest BCUT2D eigenvalue weighted by molar-refractivity contribution is -0.384. The lowest BCUT2D eigenvalue weighted by Crippen LogP contribution is -1.95. The highest BCUT2D eigenvalue weighted by molar-refractivity contribution is 6.23. The van der Waals surface area contributed by atoms with Crippen molar-refractivity contribution in [1.29, 1.82) is 0 Å². The van der Waals surface area contributed by atoms with Gasteiger partial charge in [0, 0.05) is 23.6 Å². The van der Waals surface area contributed by atoms with Gasteiger partial charge in [0.05, 0.1) is 12.0 Å². The van der Waals surface area contributed by atoms with E-state index in [1.54, 1.807) is 0 Å². The first kappa shape index (κ1) is 11.5. The number of rotatable bonds is 4. The van der Waals surface area contributed by atoms with Gasteiger partial charge in [-0.25, -0.2) is 0 Å². The third-order valence-electron chi connectivity index (χ3n) is 1.94. The molecule has 0 saturated heterocycles. The molecule has 0 unspecified atom stereocenters. The van der Waals surface area contributed by atoms with E-state index in [1.165, 1.54) is 25.3 Å². The minimum absolute atomic E-state index is 0.00272. The Labute approximate surface area is 92.3 Å². The summed E-state index contributed by atoms with van der Waals surface area (Å²) in [6, 6.07) is 4.32. The molecule has 0 amide bonds. The minimum atomic E-state index is -0.468. The number of allylic oxidation sites excluding steroid dienone is 1. The summed E-state index contributed by atoms with van der Waals surface area (Å²) in [7, 11) is 1.49. The topological polar surface area (TPSA) is 52.4 Å². The van der Waals surface area contributed by atoms with Crippen molar-refractivity contribution < 1.29 is 9.66 Å². The highest BCUT2D eigenvalue weighted by Gasteiger charge is 2.12. The van der Waals surface area contributed by atoms with Crippen LogP contribution in [0.1, 0.15) is 5.56 Å². The average molecular weight is 228 g/mol. The first-order chi connectivity index (χ1) is 7.10. The summed E-state index contributed by atoms with van der Waals surface area (Å²) in [6.45, 7) is 3.72. The number of nitro benzene ring substituents is 1. The first-order valence-electron chi connectivity index (χ1n) is 4.16. The van der Waals surface area contributed by atoms with E-state index in [4.69, 9.17) is 16.3 Å². The Bertz CT molecular complexity index is 404. The largest absolute Gasteiger partial charge is 0.496 e. The molecule has 0 spiro atoms. The van der Waals surface area contributed by atoms with Crippen LogP contribution in [-0.4, -0.2) is 17.9 Å². The van der Waals surface area contributed by atoms with Crippen LogP contribution in [0.3, 0.4) is 0 Å². The van der Waals surface area contributed by atoms with Crippen LogP contribution in [0.25, 0.3) is 5.57 Å². The molecule has 1 rings (SSSR count). The standard InChI is InChI=1S/C10H10ClNO3/c1-7(6-11)9-5-8(12(13)14)3-4-10(9)15-2/h3-5H,1,6H2,2H3. The fraction of sp³-hybridized carbons (Fsp3) is 0.200. The van der Waals surface area contributed by atoms with Crippen LogP contribution in [0, 0.1) is 10.1 Å². The maximum absolute atomic E-state index is 10.6. The fourth-order valence-corrected chi connectivity index (χ4v) is 1.30. The Morgan fingerprint density at radius 1 is 1.67 bits per heavy atom. The number of benzene rings is 1. The molecule has 0 heterocycles. The molecule has 4 nitrogen and oxygen atoms in total. The van der Waals surface area contributed by atoms with Crippen molar-refractivity contribution in [2.45, 2.75) is 0 Å². The summed E-state index contributed by atoms with van der Waals surface area (Å²) >= 11 is 5.62. The second-order valence-corrected chi connectivity index (χ2v) is 3.15. The molecule has 1 aromatic carbocycles. The second kappa shape index (κ2) is 4.79. The molecule has 0 fully saturated rings. The molecule has 0 atom stereocenters. The summed E-state index contributed by atoms with van der Waals surface area (Å²) in [6.07, 6.45) is 0. The molecular weight excluding hydrogens is 218 g/mol. The van der Waals surface area contributed by atoms with E-state index in [9.17, 15) is 10.1 Å². The predicted molar refractivity (Wildman–Crippen MR) is 59.4 cm³/mol. The average Bonchev–Trinajstić information content (AvgIpc) is 2.27. The number of non-ortho nitro benzene ring substituents is 1. The van der Waals surface area contributed by atoms with Crippen LogP contribution in [0.2, 0.25) is 0 Å². The number of hydrogen-bond acceptors (Lipinski definition) is 3. The first-order valence-corrected chi connectivity index (χ1v) is 4.70. The summed E-state index contributed by atoms with van der Waals surface area (Å²) in [5.41, 5.74) is 1.16. The molecule has 1 aromatic rings. The lowest BCUT2D eigenvalue weighted by Gasteiger charge is -2.08. The zero-order chi connectivity index (χ0) is 11.4. The molecule has 0 aliphatic carbocycles. The molecule has 0 saturated carbocycles. The normalized spacial score (nSPS) is 9.73. The monoisotopic (exact) mass is 227 g/mol. The third-order valence-corrected chi connectivity index (χ3v) is 2.26. The Hall–Kier alpha value is -1.55. The van der Waals surface area contributed by atoms with Crippen LogP contribution >= 0.6 is 11.6 Å². The summed E-state index contributed by atoms with van der Waals surface area (Å²) < 4.78 is 5.06. The van der Waals surface area contributed by atoms with Crippen molar-refractivity contribution in [3.8, 4) is 5.75 Å². The summed E-state index contributed by atoms with van der Waals surface area (Å²) in [5, 5.41) is 10.6. The van der Waals surface area contributed by atoms with Gasteiger partial charge in [0.2, 0.25) is 0 Å². The van der Waals surface area contributed by atoms with Gasteiger partial charge >= 0.3 is 0 Å². The Morgan fingerprint density at radius 2 is 2.33 bits per heavy atom. The Kier molecular flexibility index (Phi) is 3.68. The smallest absolute Gasteiger partial charge is 0.270 e. The van der Waals surface area contributed by atoms with Crippen molar-refractivity contribution >= 4 is 22.9 Å². The Balaban J connectivity index is 3.25. The molecule has 80 valence electrons. The van der Waals surface area contributed by atoms with Gasteiger partial charge in [-0.15, -0.1) is 11.6 Å². The van der Waals surface area contributed by atoms with Crippen LogP contribution < -0.4 is 4.74 Å². The number of halogens is 1. The van der Waals surface area contributed by atoms with Gasteiger partial charge in [-0.05, 0) is 11.6 Å². The van der Waals surface area contributed by atoms with Crippen molar-refractivity contribution in [1.82, 2.24) is 0 Å². The minimum Gasteiger partial charge on any atom is -0.496 e. The maximum atomic E-state index is 10.6. The van der Waals surface area contributed by atoms with Crippen molar-refractivity contribution in [3.63, 3.8) is 0 Å². The van der Waals surface area contributed by atoms with E-state index < -0.39 is 4.92 Å². The lowest BCUT2D eigenvalue weighted by atomic mass is 10.1. The number of nitrogens with zero attached hydrogens (tertiary/aromatic N) is 1. The molecule has 5 heteroatoms. The number of ether oxygens (including phenoxy) is 1. The number of methoxy groups -OCH3 is 1. The van der Waals surface area contributed by atoms with Gasteiger partial charge in [-0.2, -0.15) is 0 Å². The third kappa shape index (κ3) is 2.47. The van der Waals surface area contributed by atoms with E-state index in [0.29, 0.717) is 16.9 Å². The van der Waals surface area contributed by atoms with E-state index in [0.717, 1.165) is 0 Å². The Morgan fingerprint density at radius 3 is 2.80 bits per heavy atom. The van der Waals surface area contributed by atoms with Crippen molar-refractivity contribution in [2.24, 2.45) is 0 Å². The summed E-state index contributed by atoms with van der Waals surface area (Å²) in [5.74, 6) is 0.739. The second-order valence-electron chi connectivity index (χ2n) is 2.88. The van der Waals surface area contributed by atoms with Gasteiger partial charge in [-0.1, -0.05) is 6.58 Å². The van der Waals surface area contributed by atoms with Crippen LogP contribution in [0.5, 0.6) is 5.75 Å². The molecule has 15 heavy (non-hydrogen) atoms. The van der Waals surface area contributed by atoms with Crippen LogP contribution in [0.4, 0.5) is 5.69 Å². The SMILES string of the molecule is C=C(CCl)c1cc([N+](=O)[O-])ccc1OC. The van der Waals surface area contributed by atoms with Gasteiger partial charge in [0.25, 0.3) is 5.69 Å². The molecule has 0 aromatic heterocycles. The molecule has 0 aliphatic rings. The van der Waals surface area contributed by atoms with Gasteiger partial charge < -0.3 is 4.74 Å². The maximum Gasteiger partial charge on any atom is 0.270 e. The number of nitro groups is 1. The highest BCUT2D eigenvalue weighted by Crippen LogP contribution is 2.29. The number of alkyl halides is 1. The fourth-order valence-electron chi connectivity index (χ4n) is 1.16. The van der Waals surface area contributed by atoms with E-state index in [1.807, 2.05) is 0 Å². The molecule has 0 aliphatic heterocycles. The van der Waals surface area contributed by atoms with Gasteiger partial charge in [0.15, 0.2) is 0 Å². The molecule has 0 N–H and O–H groups in total.